The summed E-state index contributed by atoms with van der Waals surface area (Å²) in [6, 6.07) is 0. The maximum absolute atomic E-state index is 9.04. The Morgan fingerprint density at radius 2 is 0.600 bits per heavy atom. The third-order valence-electron chi connectivity index (χ3n) is 0. The van der Waals surface area contributed by atoms with Gasteiger partial charge in [-0.1, -0.05) is 0 Å². The molecule has 6 nitrogen and oxygen atoms in total. The Bertz CT molecular complexity index is 132. The number of carbonyl (C=O) groups excluding carboxylic acids is 3. The molecule has 0 saturated heterocycles. The first-order chi connectivity index (χ1) is 5.20. The van der Waals surface area contributed by atoms with Gasteiger partial charge in [0.1, 0.15) is 0 Å². The molecule has 0 aliphatic heterocycles. The number of hydrogen-bond donors (Lipinski definition) is 3. The zero-order valence-corrected chi connectivity index (χ0v) is 17.1. The summed E-state index contributed by atoms with van der Waals surface area (Å²) in [5.74, 6) is 0. The molecular weight excluding hydrogens is 291 g/mol. The van der Waals surface area contributed by atoms with Crippen molar-refractivity contribution < 1.29 is 103 Å². The van der Waals surface area contributed by atoms with Crippen molar-refractivity contribution in [2.24, 2.45) is 17.2 Å². The summed E-state index contributed by atoms with van der Waals surface area (Å²) in [6.07, 6.45) is 0. The molecule has 0 aliphatic carbocycles. The predicted molar refractivity (Wildman–Crippen MR) is 50.8 cm³/mol. The first-order valence-corrected chi connectivity index (χ1v) is 3.32. The van der Waals surface area contributed by atoms with Gasteiger partial charge in [-0.05, 0) is 0 Å². The standard InChI is InChI=1S/3CH3NOS.3Na/c3*2-1(3)4;;;/h3*(H3,2,3,4);;;/q;;;3*+1/p-3. The molecule has 0 rings (SSSR count). The quantitative estimate of drug-likeness (QED) is 0.301. The van der Waals surface area contributed by atoms with E-state index in [0.717, 1.165) is 0 Å². The molecule has 0 heterocycles. The van der Waals surface area contributed by atoms with Gasteiger partial charge in [0.05, 0.1) is 15.7 Å². The fourth-order valence-electron chi connectivity index (χ4n) is 0. The second kappa shape index (κ2) is 29.8. The monoisotopic (exact) mass is 297 g/mol. The normalized spacial score (nSPS) is 4.80. The summed E-state index contributed by atoms with van der Waals surface area (Å²) < 4.78 is 0. The van der Waals surface area contributed by atoms with Crippen LogP contribution < -0.4 is 106 Å². The summed E-state index contributed by atoms with van der Waals surface area (Å²) in [7, 11) is 0. The maximum atomic E-state index is 9.04. The molecule has 0 radical (unpaired) electrons. The minimum absolute atomic E-state index is 0. The third kappa shape index (κ3) is 742. The van der Waals surface area contributed by atoms with E-state index in [1.54, 1.807) is 0 Å². The molecule has 0 atom stereocenters. The molecular formula is C3H6N3Na3O3S3. The minimum Gasteiger partial charge on any atom is -0.719 e. The van der Waals surface area contributed by atoms with Crippen molar-refractivity contribution in [1.29, 1.82) is 0 Å². The van der Waals surface area contributed by atoms with E-state index in [2.05, 4.69) is 55.1 Å². The minimum atomic E-state index is -0.750. The maximum Gasteiger partial charge on any atom is 1.00 e. The van der Waals surface area contributed by atoms with Crippen molar-refractivity contribution >= 4 is 53.6 Å². The molecule has 0 aliphatic rings. The molecule has 0 aromatic rings. The first-order valence-electron chi connectivity index (χ1n) is 2.09. The average Bonchev–Trinajstić information content (AvgIpc) is 1.54. The number of carbonyl (C=O) groups is 3. The Kier molecular flexibility index (Phi) is 71.4. The molecule has 0 fully saturated rings. The van der Waals surface area contributed by atoms with E-state index in [1.165, 1.54) is 0 Å². The van der Waals surface area contributed by atoms with E-state index in [1.807, 2.05) is 0 Å². The van der Waals surface area contributed by atoms with Crippen molar-refractivity contribution in [3.05, 3.63) is 0 Å². The Morgan fingerprint density at radius 1 is 0.600 bits per heavy atom. The van der Waals surface area contributed by atoms with E-state index in [-0.39, 0.29) is 88.7 Å². The first kappa shape index (κ1) is 36.0. The zero-order valence-electron chi connectivity index (χ0n) is 8.68. The molecule has 12 heteroatoms. The van der Waals surface area contributed by atoms with Crippen molar-refractivity contribution in [2.75, 3.05) is 0 Å². The predicted octanol–water partition coefficient (Wildman–Crippen LogP) is -10.2. The third-order valence-corrected chi connectivity index (χ3v) is 0. The van der Waals surface area contributed by atoms with Crippen molar-refractivity contribution in [2.45, 2.75) is 0 Å². The number of amides is 3. The number of nitrogens with two attached hydrogens (primary N) is 3. The Labute approximate surface area is 171 Å². The Morgan fingerprint density at radius 3 is 0.600 bits per heavy atom. The van der Waals surface area contributed by atoms with Gasteiger partial charge in [0, 0.05) is 0 Å². The van der Waals surface area contributed by atoms with Crippen LogP contribution in [0, 0.1) is 0 Å². The molecule has 0 aromatic heterocycles. The van der Waals surface area contributed by atoms with E-state index in [4.69, 9.17) is 14.4 Å². The second-order valence-corrected chi connectivity index (χ2v) is 2.16. The largest absolute Gasteiger partial charge is 1.00 e. The Balaban J connectivity index is -0.0000000184. The molecule has 3 amide bonds. The molecule has 0 spiro atoms. The zero-order chi connectivity index (χ0) is 10.7. The number of hydrogen-bond acceptors (Lipinski definition) is 6. The van der Waals surface area contributed by atoms with Crippen LogP contribution in [-0.4, -0.2) is 15.7 Å². The fourth-order valence-corrected chi connectivity index (χ4v) is 0. The van der Waals surface area contributed by atoms with Gasteiger partial charge in [-0.3, -0.25) is 0 Å². The fraction of sp³-hybridized carbons (Fsp3) is 0. The van der Waals surface area contributed by atoms with E-state index in [0.29, 0.717) is 0 Å². The molecule has 0 aromatic carbocycles. The summed E-state index contributed by atoms with van der Waals surface area (Å²) in [5, 5.41) is -2.25. The van der Waals surface area contributed by atoms with Crippen LogP contribution in [0.25, 0.3) is 0 Å². The molecule has 6 N–H and O–H groups in total. The molecule has 0 saturated carbocycles. The van der Waals surface area contributed by atoms with Gasteiger partial charge in [-0.15, -0.1) is 0 Å². The van der Waals surface area contributed by atoms with E-state index >= 15 is 0 Å². The average molecular weight is 297 g/mol. The van der Waals surface area contributed by atoms with Crippen LogP contribution in [0.5, 0.6) is 0 Å². The van der Waals surface area contributed by atoms with Crippen LogP contribution in [0.15, 0.2) is 0 Å². The summed E-state index contributed by atoms with van der Waals surface area (Å²) >= 11 is 11.3. The van der Waals surface area contributed by atoms with Gasteiger partial charge in [0.2, 0.25) is 0 Å². The van der Waals surface area contributed by atoms with E-state index < -0.39 is 15.7 Å². The van der Waals surface area contributed by atoms with E-state index in [9.17, 15) is 0 Å². The van der Waals surface area contributed by atoms with Gasteiger partial charge in [0.15, 0.2) is 0 Å². The summed E-state index contributed by atoms with van der Waals surface area (Å²) in [4.78, 5) is 27.1. The van der Waals surface area contributed by atoms with Crippen LogP contribution in [-0.2, 0) is 37.9 Å². The topological polar surface area (TPSA) is 129 Å². The number of primary amides is 3. The molecule has 72 valence electrons. The van der Waals surface area contributed by atoms with Gasteiger partial charge in [0.25, 0.3) is 0 Å². The van der Waals surface area contributed by atoms with Crippen LogP contribution >= 0.6 is 0 Å². The van der Waals surface area contributed by atoms with Crippen LogP contribution in [0.4, 0.5) is 14.4 Å². The van der Waals surface area contributed by atoms with Gasteiger partial charge in [-0.2, -0.15) is 0 Å². The SMILES string of the molecule is NC(=O)[S-].NC(=O)[S-].NC(=O)[S-].[Na+].[Na+].[Na+]. The smallest absolute Gasteiger partial charge is 0.719 e. The number of rotatable bonds is 0. The van der Waals surface area contributed by atoms with Crippen LogP contribution in [0.1, 0.15) is 0 Å². The molecule has 0 unspecified atom stereocenters. The van der Waals surface area contributed by atoms with Gasteiger partial charge >= 0.3 is 88.7 Å². The van der Waals surface area contributed by atoms with Gasteiger partial charge in [-0.25, -0.2) is 0 Å². The van der Waals surface area contributed by atoms with Crippen LogP contribution in [0.2, 0.25) is 0 Å². The summed E-state index contributed by atoms with van der Waals surface area (Å²) in [5.41, 5.74) is 12.9. The van der Waals surface area contributed by atoms with Crippen LogP contribution in [0.3, 0.4) is 0 Å². The van der Waals surface area contributed by atoms with Crippen molar-refractivity contribution in [1.82, 2.24) is 0 Å². The molecule has 15 heavy (non-hydrogen) atoms. The van der Waals surface area contributed by atoms with Gasteiger partial charge < -0.3 is 69.5 Å². The van der Waals surface area contributed by atoms with Crippen molar-refractivity contribution in [3.8, 4) is 0 Å². The van der Waals surface area contributed by atoms with Crippen molar-refractivity contribution in [3.63, 3.8) is 0 Å². The Hall–Kier alpha value is 2.07. The second-order valence-electron chi connectivity index (χ2n) is 0.957. The summed E-state index contributed by atoms with van der Waals surface area (Å²) in [6.45, 7) is 0. The molecule has 0 bridgehead atoms.